The Labute approximate surface area is 134 Å². The summed E-state index contributed by atoms with van der Waals surface area (Å²) >= 11 is 0. The number of hydrogen-bond acceptors (Lipinski definition) is 4. The number of ether oxygens (including phenoxy) is 1. The van der Waals surface area contributed by atoms with Gasteiger partial charge in [-0.05, 0) is 30.3 Å². The summed E-state index contributed by atoms with van der Waals surface area (Å²) in [6.07, 6.45) is -4.62. The number of carbonyl (C=O) groups is 2. The molecule has 0 unspecified atom stereocenters. The first kappa shape index (κ1) is 17.3. The lowest BCUT2D eigenvalue weighted by Crippen LogP contribution is -2.22. The summed E-state index contributed by atoms with van der Waals surface area (Å²) in [6.45, 7) is -0.763. The van der Waals surface area contributed by atoms with Crippen molar-refractivity contribution >= 4 is 17.6 Å². The number of amides is 1. The molecule has 0 fully saturated rings. The third-order valence-electron chi connectivity index (χ3n) is 2.92. The van der Waals surface area contributed by atoms with E-state index >= 15 is 0 Å². The van der Waals surface area contributed by atoms with Gasteiger partial charge in [0.05, 0.1) is 16.8 Å². The minimum absolute atomic E-state index is 0.0125. The largest absolute Gasteiger partial charge is 0.508 e. The molecule has 0 aliphatic heterocycles. The number of benzene rings is 2. The molecule has 0 spiro atoms. The fourth-order valence-corrected chi connectivity index (χ4v) is 1.87. The van der Waals surface area contributed by atoms with E-state index in [1.54, 1.807) is 0 Å². The first-order chi connectivity index (χ1) is 11.3. The predicted molar refractivity (Wildman–Crippen MR) is 78.5 cm³/mol. The highest BCUT2D eigenvalue weighted by atomic mass is 19.4. The number of rotatable bonds is 4. The predicted octanol–water partition coefficient (Wildman–Crippen LogP) is 3.21. The number of hydrogen-bond donors (Lipinski definition) is 2. The molecular weight excluding hydrogens is 327 g/mol. The van der Waals surface area contributed by atoms with Crippen LogP contribution >= 0.6 is 0 Å². The molecule has 2 aromatic rings. The van der Waals surface area contributed by atoms with Gasteiger partial charge in [0.25, 0.3) is 5.91 Å². The normalized spacial score (nSPS) is 11.0. The molecule has 0 aliphatic rings. The number of phenolic OH excluding ortho intramolecular Hbond substituents is 1. The summed E-state index contributed by atoms with van der Waals surface area (Å²) in [5.74, 6) is -1.96. The van der Waals surface area contributed by atoms with E-state index in [-0.39, 0.29) is 11.3 Å². The Balaban J connectivity index is 1.98. The monoisotopic (exact) mass is 339 g/mol. The maximum Gasteiger partial charge on any atom is 0.418 e. The van der Waals surface area contributed by atoms with Crippen molar-refractivity contribution in [2.45, 2.75) is 6.18 Å². The molecule has 0 aromatic heterocycles. The highest BCUT2D eigenvalue weighted by Crippen LogP contribution is 2.34. The molecule has 8 heteroatoms. The van der Waals surface area contributed by atoms with Gasteiger partial charge in [0, 0.05) is 0 Å². The Morgan fingerprint density at radius 2 is 1.79 bits per heavy atom. The molecule has 0 aliphatic carbocycles. The summed E-state index contributed by atoms with van der Waals surface area (Å²) in [4.78, 5) is 23.4. The summed E-state index contributed by atoms with van der Waals surface area (Å²) in [5, 5.41) is 11.3. The fraction of sp³-hybridized carbons (Fsp3) is 0.125. The van der Waals surface area contributed by atoms with Crippen LogP contribution in [0.2, 0.25) is 0 Å². The number of nitrogens with one attached hydrogen (secondary N) is 1. The van der Waals surface area contributed by atoms with E-state index in [1.165, 1.54) is 30.3 Å². The van der Waals surface area contributed by atoms with Gasteiger partial charge in [-0.3, -0.25) is 4.79 Å². The molecule has 0 saturated carbocycles. The van der Waals surface area contributed by atoms with Crippen LogP contribution in [0.1, 0.15) is 15.9 Å². The fourth-order valence-electron chi connectivity index (χ4n) is 1.87. The molecule has 0 radical (unpaired) electrons. The standard InChI is InChI=1S/C16H12F3NO4/c17-16(18,19)12-6-1-2-7-13(12)20-14(22)9-24-15(23)10-4-3-5-11(21)8-10/h1-8,21H,9H2,(H,20,22). The number of phenols is 1. The van der Waals surface area contributed by atoms with Crippen LogP contribution in [0, 0.1) is 0 Å². The van der Waals surface area contributed by atoms with E-state index in [2.05, 4.69) is 0 Å². The zero-order valence-electron chi connectivity index (χ0n) is 12.1. The number of anilines is 1. The molecule has 0 bridgehead atoms. The van der Waals surface area contributed by atoms with Crippen LogP contribution in [0.25, 0.3) is 0 Å². The van der Waals surface area contributed by atoms with Gasteiger partial charge >= 0.3 is 12.1 Å². The van der Waals surface area contributed by atoms with E-state index in [9.17, 15) is 27.9 Å². The molecule has 5 nitrogen and oxygen atoms in total. The second-order valence-electron chi connectivity index (χ2n) is 4.72. The van der Waals surface area contributed by atoms with Gasteiger partial charge in [0.15, 0.2) is 6.61 Å². The van der Waals surface area contributed by atoms with Crippen molar-refractivity contribution in [1.82, 2.24) is 0 Å². The first-order valence-corrected chi connectivity index (χ1v) is 6.69. The van der Waals surface area contributed by atoms with Gasteiger partial charge in [0.1, 0.15) is 5.75 Å². The molecule has 2 rings (SSSR count). The van der Waals surface area contributed by atoms with Crippen molar-refractivity contribution in [3.8, 4) is 5.75 Å². The van der Waals surface area contributed by atoms with Crippen molar-refractivity contribution in [3.63, 3.8) is 0 Å². The van der Waals surface area contributed by atoms with Crippen molar-refractivity contribution in [1.29, 1.82) is 0 Å². The second-order valence-corrected chi connectivity index (χ2v) is 4.72. The van der Waals surface area contributed by atoms with Gasteiger partial charge < -0.3 is 15.2 Å². The Morgan fingerprint density at radius 1 is 1.08 bits per heavy atom. The highest BCUT2D eigenvalue weighted by molar-refractivity contribution is 5.96. The molecule has 0 saturated heterocycles. The SMILES string of the molecule is O=C(COC(=O)c1cccc(O)c1)Nc1ccccc1C(F)(F)F. The smallest absolute Gasteiger partial charge is 0.418 e. The summed E-state index contributed by atoms with van der Waals surface area (Å²) in [7, 11) is 0. The number of alkyl halides is 3. The maximum absolute atomic E-state index is 12.8. The Morgan fingerprint density at radius 3 is 2.46 bits per heavy atom. The number of esters is 1. The van der Waals surface area contributed by atoms with E-state index < -0.39 is 35.9 Å². The molecule has 126 valence electrons. The lowest BCUT2D eigenvalue weighted by Gasteiger charge is -2.13. The number of aromatic hydroxyl groups is 1. The van der Waals surface area contributed by atoms with Crippen LogP contribution in [-0.4, -0.2) is 23.6 Å². The van der Waals surface area contributed by atoms with Crippen LogP contribution in [0.15, 0.2) is 48.5 Å². The van der Waals surface area contributed by atoms with E-state index in [0.717, 1.165) is 18.2 Å². The van der Waals surface area contributed by atoms with Crippen molar-refractivity contribution in [2.24, 2.45) is 0 Å². The van der Waals surface area contributed by atoms with Gasteiger partial charge in [-0.15, -0.1) is 0 Å². The van der Waals surface area contributed by atoms with Crippen molar-refractivity contribution in [2.75, 3.05) is 11.9 Å². The quantitative estimate of drug-likeness (QED) is 0.839. The zero-order chi connectivity index (χ0) is 17.7. The Kier molecular flexibility index (Phi) is 5.08. The van der Waals surface area contributed by atoms with Crippen molar-refractivity contribution < 1.29 is 32.6 Å². The molecular formula is C16H12F3NO4. The second kappa shape index (κ2) is 7.03. The minimum atomic E-state index is -4.62. The number of carbonyl (C=O) groups excluding carboxylic acids is 2. The summed E-state index contributed by atoms with van der Waals surface area (Å²) in [5.41, 5.74) is -1.42. The summed E-state index contributed by atoms with van der Waals surface area (Å²) < 4.78 is 43.1. The third-order valence-corrected chi connectivity index (χ3v) is 2.92. The molecule has 0 heterocycles. The molecule has 1 amide bonds. The lowest BCUT2D eigenvalue weighted by atomic mass is 10.1. The molecule has 2 aromatic carbocycles. The topological polar surface area (TPSA) is 75.6 Å². The van der Waals surface area contributed by atoms with E-state index in [0.29, 0.717) is 0 Å². The van der Waals surface area contributed by atoms with Gasteiger partial charge in [-0.2, -0.15) is 13.2 Å². The van der Waals surface area contributed by atoms with Crippen LogP contribution in [0.4, 0.5) is 18.9 Å². The van der Waals surface area contributed by atoms with Crippen LogP contribution < -0.4 is 5.32 Å². The third kappa shape index (κ3) is 4.48. The Bertz CT molecular complexity index is 759. The first-order valence-electron chi connectivity index (χ1n) is 6.69. The Hall–Kier alpha value is -3.03. The molecule has 0 atom stereocenters. The highest BCUT2D eigenvalue weighted by Gasteiger charge is 2.33. The number of halogens is 3. The number of para-hydroxylation sites is 1. The van der Waals surface area contributed by atoms with Crippen LogP contribution in [0.5, 0.6) is 5.75 Å². The minimum Gasteiger partial charge on any atom is -0.508 e. The van der Waals surface area contributed by atoms with Crippen LogP contribution in [0.3, 0.4) is 0 Å². The van der Waals surface area contributed by atoms with Gasteiger partial charge in [-0.1, -0.05) is 18.2 Å². The average molecular weight is 339 g/mol. The van der Waals surface area contributed by atoms with Gasteiger partial charge in [0.2, 0.25) is 0 Å². The zero-order valence-corrected chi connectivity index (χ0v) is 12.1. The van der Waals surface area contributed by atoms with Crippen LogP contribution in [-0.2, 0) is 15.7 Å². The van der Waals surface area contributed by atoms with E-state index in [1.807, 2.05) is 5.32 Å². The maximum atomic E-state index is 12.8. The average Bonchev–Trinajstić information content (AvgIpc) is 2.52. The molecule has 24 heavy (non-hydrogen) atoms. The lowest BCUT2D eigenvalue weighted by molar-refractivity contribution is -0.137. The van der Waals surface area contributed by atoms with Gasteiger partial charge in [-0.25, -0.2) is 4.79 Å². The summed E-state index contributed by atoms with van der Waals surface area (Å²) in [6, 6.07) is 9.71. The van der Waals surface area contributed by atoms with E-state index in [4.69, 9.17) is 4.74 Å². The molecule has 2 N–H and O–H groups in total. The van der Waals surface area contributed by atoms with Crippen molar-refractivity contribution in [3.05, 3.63) is 59.7 Å².